The molecular weight excluding hydrogens is 457 g/mol. The molecule has 31 heavy (non-hydrogen) atoms. The number of aromatic amines is 1. The molecule has 3 rings (SSSR count). The lowest BCUT2D eigenvalue weighted by molar-refractivity contribution is -0.137. The maximum atomic E-state index is 12.8. The largest absolute Gasteiger partial charge is 0.416 e. The van der Waals surface area contributed by atoms with Crippen molar-refractivity contribution in [2.45, 2.75) is 29.8 Å². The number of aryl methyl sites for hydroxylation is 2. The highest BCUT2D eigenvalue weighted by Gasteiger charge is 2.30. The number of H-pyrrole nitrogens is 1. The van der Waals surface area contributed by atoms with E-state index >= 15 is 0 Å². The zero-order chi connectivity index (χ0) is 23.0. The van der Waals surface area contributed by atoms with Gasteiger partial charge >= 0.3 is 6.18 Å². The van der Waals surface area contributed by atoms with Crippen molar-refractivity contribution >= 4 is 31.4 Å². The molecule has 0 aliphatic heterocycles. The molecule has 2 aromatic carbocycles. The van der Waals surface area contributed by atoms with E-state index in [0.717, 1.165) is 24.3 Å². The molecule has 166 valence electrons. The number of hydrogen-bond acceptors (Lipinski definition) is 5. The van der Waals surface area contributed by atoms with Gasteiger partial charge in [0.15, 0.2) is 0 Å². The van der Waals surface area contributed by atoms with Gasteiger partial charge in [-0.05, 0) is 56.3 Å². The Bertz CT molecular complexity index is 1300. The first kappa shape index (κ1) is 22.6. The van der Waals surface area contributed by atoms with Crippen LogP contribution in [0.1, 0.15) is 17.0 Å². The molecule has 13 heteroatoms. The molecule has 0 aliphatic carbocycles. The van der Waals surface area contributed by atoms with Gasteiger partial charge < -0.3 is 0 Å². The van der Waals surface area contributed by atoms with Crippen molar-refractivity contribution in [1.29, 1.82) is 0 Å². The van der Waals surface area contributed by atoms with Crippen LogP contribution in [0.25, 0.3) is 0 Å². The van der Waals surface area contributed by atoms with Crippen molar-refractivity contribution < 1.29 is 30.0 Å². The molecule has 0 saturated heterocycles. The molecular formula is C18H17F3N4O4S2. The van der Waals surface area contributed by atoms with Crippen molar-refractivity contribution in [3.8, 4) is 0 Å². The number of nitrogens with zero attached hydrogens (tertiary/aromatic N) is 1. The highest BCUT2D eigenvalue weighted by atomic mass is 32.2. The first-order valence-electron chi connectivity index (χ1n) is 8.64. The van der Waals surface area contributed by atoms with Gasteiger partial charge in [0.05, 0.1) is 21.8 Å². The van der Waals surface area contributed by atoms with E-state index in [9.17, 15) is 30.0 Å². The Morgan fingerprint density at radius 2 is 1.48 bits per heavy atom. The van der Waals surface area contributed by atoms with Crippen LogP contribution in [-0.2, 0) is 26.2 Å². The Kier molecular flexibility index (Phi) is 5.76. The fraction of sp³-hybridized carbons (Fsp3) is 0.167. The average Bonchev–Trinajstić information content (AvgIpc) is 3.00. The molecule has 0 aliphatic rings. The molecule has 0 bridgehead atoms. The second-order valence-electron chi connectivity index (χ2n) is 6.58. The second-order valence-corrected chi connectivity index (χ2v) is 9.88. The predicted molar refractivity (Wildman–Crippen MR) is 108 cm³/mol. The molecule has 0 atom stereocenters. The quantitative estimate of drug-likeness (QED) is 0.504. The van der Waals surface area contributed by atoms with E-state index in [2.05, 4.69) is 19.6 Å². The SMILES string of the molecule is Cc1n[nH]c(C)c1S(=O)(=O)Nc1ccc(S(=O)(=O)Nc2cccc(C(F)(F)F)c2)cc1. The summed E-state index contributed by atoms with van der Waals surface area (Å²) < 4.78 is 92.9. The van der Waals surface area contributed by atoms with Gasteiger partial charge in [-0.1, -0.05) is 6.07 Å². The molecule has 0 unspecified atom stereocenters. The lowest BCUT2D eigenvalue weighted by atomic mass is 10.2. The van der Waals surface area contributed by atoms with E-state index in [1.165, 1.54) is 25.1 Å². The molecule has 1 heterocycles. The summed E-state index contributed by atoms with van der Waals surface area (Å²) in [5.41, 5.74) is -0.546. The zero-order valence-corrected chi connectivity index (χ0v) is 17.8. The van der Waals surface area contributed by atoms with E-state index in [-0.39, 0.29) is 26.9 Å². The van der Waals surface area contributed by atoms with Crippen molar-refractivity contribution in [1.82, 2.24) is 10.2 Å². The third kappa shape index (κ3) is 4.99. The van der Waals surface area contributed by atoms with Gasteiger partial charge in [0, 0.05) is 11.4 Å². The summed E-state index contributed by atoms with van der Waals surface area (Å²) in [6.45, 7) is 3.07. The Morgan fingerprint density at radius 3 is 2.03 bits per heavy atom. The normalized spacial score (nSPS) is 12.5. The molecule has 3 aromatic rings. The predicted octanol–water partition coefficient (Wildman–Crippen LogP) is 3.65. The topological polar surface area (TPSA) is 121 Å². The number of aromatic nitrogens is 2. The van der Waals surface area contributed by atoms with E-state index in [4.69, 9.17) is 0 Å². The monoisotopic (exact) mass is 474 g/mol. The van der Waals surface area contributed by atoms with Gasteiger partial charge in [0.1, 0.15) is 4.90 Å². The number of hydrogen-bond donors (Lipinski definition) is 3. The van der Waals surface area contributed by atoms with Gasteiger partial charge in [-0.25, -0.2) is 16.8 Å². The van der Waals surface area contributed by atoms with Gasteiger partial charge in [0.25, 0.3) is 20.0 Å². The van der Waals surface area contributed by atoms with Gasteiger partial charge in [-0.15, -0.1) is 0 Å². The van der Waals surface area contributed by atoms with Crippen LogP contribution in [0.2, 0.25) is 0 Å². The average molecular weight is 474 g/mol. The number of alkyl halides is 3. The molecule has 0 saturated carbocycles. The summed E-state index contributed by atoms with van der Waals surface area (Å²) in [7, 11) is -8.16. The Balaban J connectivity index is 1.81. The Labute approximate surface area is 176 Å². The van der Waals surface area contributed by atoms with Gasteiger partial charge in [-0.2, -0.15) is 18.3 Å². The molecule has 8 nitrogen and oxygen atoms in total. The van der Waals surface area contributed by atoms with Crippen LogP contribution in [0.15, 0.2) is 58.3 Å². The minimum atomic E-state index is -4.62. The summed E-state index contributed by atoms with van der Waals surface area (Å²) in [6, 6.07) is 8.47. The van der Waals surface area contributed by atoms with Crippen molar-refractivity contribution in [3.63, 3.8) is 0 Å². The lowest BCUT2D eigenvalue weighted by Crippen LogP contribution is -2.16. The zero-order valence-electron chi connectivity index (χ0n) is 16.1. The van der Waals surface area contributed by atoms with Crippen molar-refractivity contribution in [3.05, 3.63) is 65.5 Å². The number of nitrogens with one attached hydrogen (secondary N) is 3. The molecule has 0 fully saturated rings. The van der Waals surface area contributed by atoms with Crippen LogP contribution in [0.4, 0.5) is 24.5 Å². The third-order valence-electron chi connectivity index (χ3n) is 4.19. The lowest BCUT2D eigenvalue weighted by Gasteiger charge is -2.12. The Hall–Kier alpha value is -3.06. The smallest absolute Gasteiger partial charge is 0.281 e. The van der Waals surface area contributed by atoms with Crippen LogP contribution in [0, 0.1) is 13.8 Å². The van der Waals surface area contributed by atoms with Crippen molar-refractivity contribution in [2.24, 2.45) is 0 Å². The molecule has 3 N–H and O–H groups in total. The van der Waals surface area contributed by atoms with E-state index in [0.29, 0.717) is 11.8 Å². The molecule has 0 amide bonds. The van der Waals surface area contributed by atoms with Crippen LogP contribution in [-0.4, -0.2) is 27.0 Å². The standard InChI is InChI=1S/C18H17F3N4O4S2/c1-11-17(12(2)23-22-11)31(28,29)24-14-6-8-16(9-7-14)30(26,27)25-15-5-3-4-13(10-15)18(19,20)21/h3-10,24-25H,1-2H3,(H,22,23). The van der Waals surface area contributed by atoms with Crippen LogP contribution < -0.4 is 9.44 Å². The van der Waals surface area contributed by atoms with Gasteiger partial charge in [-0.3, -0.25) is 14.5 Å². The molecule has 0 radical (unpaired) electrons. The fourth-order valence-corrected chi connectivity index (χ4v) is 5.30. The van der Waals surface area contributed by atoms with E-state index in [1.54, 1.807) is 6.92 Å². The first-order chi connectivity index (χ1) is 14.3. The van der Waals surface area contributed by atoms with E-state index in [1.807, 2.05) is 0 Å². The first-order valence-corrected chi connectivity index (χ1v) is 11.6. The summed E-state index contributed by atoms with van der Waals surface area (Å²) in [4.78, 5) is -0.279. The fourth-order valence-electron chi connectivity index (χ4n) is 2.82. The number of benzene rings is 2. The molecule has 1 aromatic heterocycles. The minimum Gasteiger partial charge on any atom is -0.281 e. The summed E-state index contributed by atoms with van der Waals surface area (Å²) in [5.74, 6) is 0. The molecule has 0 spiro atoms. The second kappa shape index (κ2) is 7.89. The highest BCUT2D eigenvalue weighted by molar-refractivity contribution is 7.93. The highest BCUT2D eigenvalue weighted by Crippen LogP contribution is 2.31. The Morgan fingerprint density at radius 1 is 0.871 bits per heavy atom. The van der Waals surface area contributed by atoms with Crippen LogP contribution in [0.5, 0.6) is 0 Å². The number of rotatable bonds is 6. The maximum absolute atomic E-state index is 12.8. The number of anilines is 2. The summed E-state index contributed by atoms with van der Waals surface area (Å²) in [5, 5.41) is 6.40. The van der Waals surface area contributed by atoms with Crippen LogP contribution >= 0.6 is 0 Å². The number of sulfonamides is 2. The third-order valence-corrected chi connectivity index (χ3v) is 7.23. The maximum Gasteiger partial charge on any atom is 0.416 e. The summed E-state index contributed by atoms with van der Waals surface area (Å²) in [6.07, 6.45) is -4.62. The van der Waals surface area contributed by atoms with Gasteiger partial charge in [0.2, 0.25) is 0 Å². The van der Waals surface area contributed by atoms with Crippen molar-refractivity contribution in [2.75, 3.05) is 9.44 Å². The number of halogens is 3. The minimum absolute atomic E-state index is 0.0181. The van der Waals surface area contributed by atoms with E-state index < -0.39 is 31.8 Å². The van der Waals surface area contributed by atoms with Crippen LogP contribution in [0.3, 0.4) is 0 Å². The summed E-state index contributed by atoms with van der Waals surface area (Å²) >= 11 is 0.